The van der Waals surface area contributed by atoms with Crippen LogP contribution >= 0.6 is 11.3 Å². The number of benzene rings is 1. The molecule has 0 aliphatic heterocycles. The first-order chi connectivity index (χ1) is 12.7. The molecule has 7 nitrogen and oxygen atoms in total. The van der Waals surface area contributed by atoms with E-state index in [1.807, 2.05) is 36.8 Å². The molecule has 0 atom stereocenters. The van der Waals surface area contributed by atoms with Crippen molar-refractivity contribution >= 4 is 27.2 Å². The lowest BCUT2D eigenvalue weighted by Gasteiger charge is -2.01. The van der Waals surface area contributed by atoms with Crippen molar-refractivity contribution in [1.82, 2.24) is 34.6 Å². The molecule has 0 radical (unpaired) electrons. The van der Waals surface area contributed by atoms with E-state index in [-0.39, 0.29) is 0 Å². The molecule has 0 unspecified atom stereocenters. The molecule has 26 heavy (non-hydrogen) atoms. The molecule has 0 N–H and O–H groups in total. The van der Waals surface area contributed by atoms with Crippen LogP contribution < -0.4 is 0 Å². The summed E-state index contributed by atoms with van der Waals surface area (Å²) in [5, 5.41) is 19.7. The van der Waals surface area contributed by atoms with Crippen molar-refractivity contribution in [1.29, 1.82) is 0 Å². The molecule has 4 aromatic heterocycles. The Bertz CT molecular complexity index is 1250. The summed E-state index contributed by atoms with van der Waals surface area (Å²) in [6.07, 6.45) is 4.46. The van der Waals surface area contributed by atoms with Crippen LogP contribution in [0.5, 0.6) is 0 Å². The summed E-state index contributed by atoms with van der Waals surface area (Å²) < 4.78 is 3.64. The maximum absolute atomic E-state index is 4.72. The molecule has 0 saturated heterocycles. The topological polar surface area (TPSA) is 73.8 Å². The smallest absolute Gasteiger partial charge is 0.234 e. The summed E-state index contributed by atoms with van der Waals surface area (Å²) in [6, 6.07) is 10.3. The van der Waals surface area contributed by atoms with Crippen LogP contribution in [0.1, 0.15) is 17.1 Å². The van der Waals surface area contributed by atoms with Crippen molar-refractivity contribution in [3.05, 3.63) is 59.8 Å². The second-order valence-corrected chi connectivity index (χ2v) is 7.18. The molecule has 4 heterocycles. The van der Waals surface area contributed by atoms with Crippen LogP contribution in [0.25, 0.3) is 26.4 Å². The monoisotopic (exact) mass is 361 g/mol. The van der Waals surface area contributed by atoms with Crippen molar-refractivity contribution in [3.63, 3.8) is 0 Å². The molecule has 1 aromatic carbocycles. The van der Waals surface area contributed by atoms with Crippen molar-refractivity contribution in [2.75, 3.05) is 0 Å². The average molecular weight is 361 g/mol. The summed E-state index contributed by atoms with van der Waals surface area (Å²) in [4.78, 5) is 5.16. The van der Waals surface area contributed by atoms with E-state index in [1.165, 1.54) is 11.3 Å². The van der Waals surface area contributed by atoms with Crippen molar-refractivity contribution < 1.29 is 0 Å². The Morgan fingerprint density at radius 3 is 2.88 bits per heavy atom. The third-order valence-corrected chi connectivity index (χ3v) is 5.26. The van der Waals surface area contributed by atoms with Crippen LogP contribution in [0, 0.1) is 6.92 Å². The van der Waals surface area contributed by atoms with Crippen LogP contribution in [-0.4, -0.2) is 34.6 Å². The molecule has 0 aliphatic rings. The number of rotatable bonds is 3. The van der Waals surface area contributed by atoms with Crippen LogP contribution in [-0.2, 0) is 13.5 Å². The largest absolute Gasteiger partial charge is 0.275 e. The normalized spacial score (nSPS) is 11.6. The van der Waals surface area contributed by atoms with Crippen molar-refractivity contribution in [2.24, 2.45) is 7.05 Å². The fourth-order valence-electron chi connectivity index (χ4n) is 3.10. The highest BCUT2D eigenvalue weighted by Gasteiger charge is 2.16. The van der Waals surface area contributed by atoms with Gasteiger partial charge in [0.2, 0.25) is 4.96 Å². The quantitative estimate of drug-likeness (QED) is 0.494. The SMILES string of the molecule is Cc1nn(C)cc1-c1nn2c(Cc3ccc4ncccc4c3)nnc2s1. The molecule has 0 aliphatic carbocycles. The van der Waals surface area contributed by atoms with Gasteiger partial charge >= 0.3 is 0 Å². The lowest BCUT2D eigenvalue weighted by molar-refractivity contribution is 0.756. The Hall–Kier alpha value is -3.13. The Kier molecular flexibility index (Phi) is 3.32. The van der Waals surface area contributed by atoms with Crippen molar-refractivity contribution in [2.45, 2.75) is 13.3 Å². The number of aryl methyl sites for hydroxylation is 2. The first-order valence-corrected chi connectivity index (χ1v) is 9.04. The van der Waals surface area contributed by atoms with E-state index in [9.17, 15) is 0 Å². The maximum Gasteiger partial charge on any atom is 0.234 e. The Balaban J connectivity index is 1.53. The lowest BCUT2D eigenvalue weighted by atomic mass is 10.1. The molecule has 0 saturated carbocycles. The summed E-state index contributed by atoms with van der Waals surface area (Å²) in [6.45, 7) is 1.99. The van der Waals surface area contributed by atoms with E-state index in [1.54, 1.807) is 10.9 Å². The highest BCUT2D eigenvalue weighted by atomic mass is 32.1. The highest BCUT2D eigenvalue weighted by molar-refractivity contribution is 7.19. The van der Waals surface area contributed by atoms with E-state index >= 15 is 0 Å². The standard InChI is InChI=1S/C18H15N7S/c1-11-14(10-24(2)22-11)17-23-25-16(20-21-18(25)26-17)9-12-5-6-15-13(8-12)4-3-7-19-15/h3-8,10H,9H2,1-2H3. The van der Waals surface area contributed by atoms with E-state index in [0.29, 0.717) is 6.42 Å². The summed E-state index contributed by atoms with van der Waals surface area (Å²) in [5.74, 6) is 0.826. The summed E-state index contributed by atoms with van der Waals surface area (Å²) >= 11 is 1.53. The molecule has 5 aromatic rings. The fourth-order valence-corrected chi connectivity index (χ4v) is 4.02. The minimum Gasteiger partial charge on any atom is -0.275 e. The Morgan fingerprint density at radius 2 is 2.04 bits per heavy atom. The van der Waals surface area contributed by atoms with Crippen LogP contribution in [0.3, 0.4) is 0 Å². The molecular weight excluding hydrogens is 346 g/mol. The van der Waals surface area contributed by atoms with E-state index in [4.69, 9.17) is 5.10 Å². The van der Waals surface area contributed by atoms with Gasteiger partial charge in [-0.3, -0.25) is 9.67 Å². The van der Waals surface area contributed by atoms with Gasteiger partial charge in [-0.25, -0.2) is 0 Å². The molecule has 5 rings (SSSR count). The molecule has 0 amide bonds. The van der Waals surface area contributed by atoms with Gasteiger partial charge in [0, 0.05) is 31.2 Å². The first kappa shape index (κ1) is 15.2. The lowest BCUT2D eigenvalue weighted by Crippen LogP contribution is -1.98. The third-order valence-electron chi connectivity index (χ3n) is 4.33. The summed E-state index contributed by atoms with van der Waals surface area (Å²) in [7, 11) is 1.91. The number of hydrogen-bond donors (Lipinski definition) is 0. The van der Waals surface area contributed by atoms with E-state index < -0.39 is 0 Å². The maximum atomic E-state index is 4.72. The Morgan fingerprint density at radius 1 is 1.12 bits per heavy atom. The molecule has 128 valence electrons. The molecule has 8 heteroatoms. The molecule has 0 bridgehead atoms. The van der Waals surface area contributed by atoms with Gasteiger partial charge in [0.1, 0.15) is 0 Å². The average Bonchev–Trinajstić information content (AvgIpc) is 3.30. The second kappa shape index (κ2) is 5.70. The third kappa shape index (κ3) is 2.46. The van der Waals surface area contributed by atoms with Crippen molar-refractivity contribution in [3.8, 4) is 10.6 Å². The van der Waals surface area contributed by atoms with Gasteiger partial charge in [-0.1, -0.05) is 23.5 Å². The van der Waals surface area contributed by atoms with Gasteiger partial charge in [0.25, 0.3) is 0 Å². The number of pyridine rings is 1. The minimum atomic E-state index is 0.668. The van der Waals surface area contributed by atoms with Crippen LogP contribution in [0.15, 0.2) is 42.7 Å². The Labute approximate surface area is 153 Å². The van der Waals surface area contributed by atoms with Gasteiger partial charge in [-0.2, -0.15) is 14.7 Å². The van der Waals surface area contributed by atoms with Crippen LogP contribution in [0.4, 0.5) is 0 Å². The molecule has 0 fully saturated rings. The predicted octanol–water partition coefficient (Wildman–Crippen LogP) is 3.03. The van der Waals surface area contributed by atoms with Crippen LogP contribution in [0.2, 0.25) is 0 Å². The van der Waals surface area contributed by atoms with E-state index in [0.717, 1.165) is 43.5 Å². The zero-order valence-corrected chi connectivity index (χ0v) is 15.1. The first-order valence-electron chi connectivity index (χ1n) is 8.23. The zero-order valence-electron chi connectivity index (χ0n) is 14.3. The molecular formula is C18H15N7S. The number of fused-ring (bicyclic) bond motifs is 2. The number of aromatic nitrogens is 7. The minimum absolute atomic E-state index is 0.668. The van der Waals surface area contributed by atoms with Gasteiger partial charge in [-0.15, -0.1) is 10.2 Å². The predicted molar refractivity (Wildman–Crippen MR) is 100 cm³/mol. The fraction of sp³-hybridized carbons (Fsp3) is 0.167. The van der Waals surface area contributed by atoms with Gasteiger partial charge in [0.15, 0.2) is 10.8 Å². The van der Waals surface area contributed by atoms with Gasteiger partial charge in [-0.05, 0) is 30.7 Å². The highest BCUT2D eigenvalue weighted by Crippen LogP contribution is 2.28. The van der Waals surface area contributed by atoms with E-state index in [2.05, 4.69) is 38.5 Å². The number of nitrogens with zero attached hydrogens (tertiary/aromatic N) is 7. The summed E-state index contributed by atoms with van der Waals surface area (Å²) in [5.41, 5.74) is 4.14. The molecule has 0 spiro atoms. The number of hydrogen-bond acceptors (Lipinski definition) is 6. The zero-order chi connectivity index (χ0) is 17.7. The van der Waals surface area contributed by atoms with Gasteiger partial charge < -0.3 is 0 Å². The second-order valence-electron chi connectivity index (χ2n) is 6.23. The van der Waals surface area contributed by atoms with Gasteiger partial charge in [0.05, 0.1) is 16.8 Å².